The molecule has 0 aliphatic carbocycles. The number of thiocarbonyl (C=S) groups is 1. The van der Waals surface area contributed by atoms with E-state index in [1.165, 1.54) is 9.80 Å². The molecule has 0 saturated carbocycles. The third-order valence-electron chi connectivity index (χ3n) is 7.04. The summed E-state index contributed by atoms with van der Waals surface area (Å²) in [5.74, 6) is 0.179. The number of nitrogens with one attached hydrogen (secondary N) is 1. The Balaban J connectivity index is 1.37. The van der Waals surface area contributed by atoms with E-state index in [2.05, 4.69) is 5.32 Å². The van der Waals surface area contributed by atoms with Crippen LogP contribution < -0.4 is 19.7 Å². The highest BCUT2D eigenvalue weighted by Gasteiger charge is 2.42. The molecule has 5 rings (SSSR count). The summed E-state index contributed by atoms with van der Waals surface area (Å²) in [5, 5.41) is 2.92. The first-order valence-corrected chi connectivity index (χ1v) is 14.2. The molecule has 2 heterocycles. The lowest BCUT2D eigenvalue weighted by Gasteiger charge is -2.17. The largest absolute Gasteiger partial charge is 0.493 e. The molecule has 1 saturated heterocycles. The lowest BCUT2D eigenvalue weighted by Crippen LogP contribution is -2.36. The van der Waals surface area contributed by atoms with Gasteiger partial charge >= 0.3 is 0 Å². The molecule has 1 N–H and O–H groups in total. The number of hydrogen-bond acceptors (Lipinski definition) is 7. The fraction of sp³-hybridized carbons (Fsp3) is 0.226. The Morgan fingerprint density at radius 2 is 1.68 bits per heavy atom. The Morgan fingerprint density at radius 3 is 2.44 bits per heavy atom. The molecule has 0 atom stereocenters. The monoisotopic (exact) mass is 587 g/mol. The van der Waals surface area contributed by atoms with Crippen LogP contribution in [0, 0.1) is 13.8 Å². The number of carbonyl (C=O) groups excluding carboxylic acids is 3. The van der Waals surface area contributed by atoms with Crippen LogP contribution in [0.15, 0.2) is 65.6 Å². The molecular formula is C31H29N3O5S2. The smallest absolute Gasteiger partial charge is 0.267 e. The SMILES string of the molecule is COc1ccc(CCN2C(=O)/C(=C3\C(=O)N(CC(=O)Nc4cc(C)ccc4C)c4ccccc43)SC2=S)cc1OC. The fourth-order valence-electron chi connectivity index (χ4n) is 4.88. The van der Waals surface area contributed by atoms with Crippen molar-refractivity contribution in [3.63, 3.8) is 0 Å². The molecule has 0 unspecified atom stereocenters. The second-order valence-corrected chi connectivity index (χ2v) is 11.4. The first kappa shape index (κ1) is 28.4. The van der Waals surface area contributed by atoms with Crippen molar-refractivity contribution in [3.8, 4) is 11.5 Å². The van der Waals surface area contributed by atoms with E-state index in [0.29, 0.717) is 45.7 Å². The number of anilines is 2. The Kier molecular flexibility index (Phi) is 8.14. The Hall–Kier alpha value is -4.15. The second-order valence-electron chi connectivity index (χ2n) is 9.74. The van der Waals surface area contributed by atoms with Gasteiger partial charge in [-0.15, -0.1) is 0 Å². The minimum atomic E-state index is -0.400. The summed E-state index contributed by atoms with van der Waals surface area (Å²) in [5.41, 5.74) is 5.06. The molecule has 1 fully saturated rings. The fourth-order valence-corrected chi connectivity index (χ4v) is 6.26. The third-order valence-corrected chi connectivity index (χ3v) is 8.49. The molecule has 8 nitrogen and oxygen atoms in total. The van der Waals surface area contributed by atoms with Gasteiger partial charge in [-0.05, 0) is 61.2 Å². The molecule has 0 radical (unpaired) electrons. The van der Waals surface area contributed by atoms with Crippen LogP contribution in [0.2, 0.25) is 0 Å². The minimum Gasteiger partial charge on any atom is -0.493 e. The van der Waals surface area contributed by atoms with Gasteiger partial charge in [0.05, 0.1) is 30.4 Å². The van der Waals surface area contributed by atoms with Crippen LogP contribution >= 0.6 is 24.0 Å². The maximum atomic E-state index is 13.8. The predicted molar refractivity (Wildman–Crippen MR) is 165 cm³/mol. The molecule has 3 aromatic rings. The van der Waals surface area contributed by atoms with Gasteiger partial charge in [0.1, 0.15) is 10.9 Å². The maximum absolute atomic E-state index is 13.8. The van der Waals surface area contributed by atoms with E-state index in [4.69, 9.17) is 21.7 Å². The van der Waals surface area contributed by atoms with Gasteiger partial charge in [-0.3, -0.25) is 24.2 Å². The zero-order valence-electron chi connectivity index (χ0n) is 23.1. The highest BCUT2D eigenvalue weighted by Crippen LogP contribution is 2.44. The maximum Gasteiger partial charge on any atom is 0.267 e. The van der Waals surface area contributed by atoms with Gasteiger partial charge in [0.15, 0.2) is 11.5 Å². The Labute approximate surface area is 248 Å². The molecule has 3 aromatic carbocycles. The van der Waals surface area contributed by atoms with E-state index in [1.54, 1.807) is 32.4 Å². The minimum absolute atomic E-state index is 0.188. The third kappa shape index (κ3) is 5.57. The first-order valence-electron chi connectivity index (χ1n) is 13.0. The number of amides is 3. The summed E-state index contributed by atoms with van der Waals surface area (Å²) >= 11 is 6.68. The van der Waals surface area contributed by atoms with E-state index in [1.807, 2.05) is 56.3 Å². The van der Waals surface area contributed by atoms with Crippen LogP contribution in [0.4, 0.5) is 11.4 Å². The van der Waals surface area contributed by atoms with Crippen molar-refractivity contribution in [2.24, 2.45) is 0 Å². The molecular weight excluding hydrogens is 558 g/mol. The Morgan fingerprint density at radius 1 is 0.927 bits per heavy atom. The van der Waals surface area contributed by atoms with Crippen LogP contribution in [-0.4, -0.2) is 54.3 Å². The van der Waals surface area contributed by atoms with Crippen LogP contribution in [0.3, 0.4) is 0 Å². The van der Waals surface area contributed by atoms with Gasteiger partial charge in [-0.25, -0.2) is 0 Å². The summed E-state index contributed by atoms with van der Waals surface area (Å²) in [7, 11) is 3.15. The van der Waals surface area contributed by atoms with Crippen molar-refractivity contribution in [3.05, 3.63) is 87.8 Å². The first-order chi connectivity index (χ1) is 19.7. The van der Waals surface area contributed by atoms with Gasteiger partial charge < -0.3 is 14.8 Å². The molecule has 2 aliphatic rings. The number of para-hydroxylation sites is 1. The number of carbonyl (C=O) groups is 3. The summed E-state index contributed by atoms with van der Waals surface area (Å²) in [6.45, 7) is 4.02. The number of methoxy groups -OCH3 is 2. The second kappa shape index (κ2) is 11.8. The van der Waals surface area contributed by atoms with Crippen molar-refractivity contribution < 1.29 is 23.9 Å². The number of nitrogens with zero attached hydrogens (tertiary/aromatic N) is 2. The highest BCUT2D eigenvalue weighted by atomic mass is 32.2. The molecule has 210 valence electrons. The van der Waals surface area contributed by atoms with Crippen molar-refractivity contribution in [1.82, 2.24) is 4.90 Å². The van der Waals surface area contributed by atoms with Crippen LogP contribution in [0.5, 0.6) is 11.5 Å². The summed E-state index contributed by atoms with van der Waals surface area (Å²) in [4.78, 5) is 43.6. The van der Waals surface area contributed by atoms with E-state index in [-0.39, 0.29) is 28.8 Å². The molecule has 0 aromatic heterocycles. The van der Waals surface area contributed by atoms with E-state index in [0.717, 1.165) is 28.5 Å². The number of fused-ring (bicyclic) bond motifs is 1. The van der Waals surface area contributed by atoms with Gasteiger partial charge in [0, 0.05) is 17.8 Å². The number of aryl methyl sites for hydroxylation is 2. The molecule has 0 spiro atoms. The normalized spacial score (nSPS) is 16.3. The zero-order valence-corrected chi connectivity index (χ0v) is 24.8. The van der Waals surface area contributed by atoms with Gasteiger partial charge in [0.25, 0.3) is 11.8 Å². The van der Waals surface area contributed by atoms with Gasteiger partial charge in [-0.2, -0.15) is 0 Å². The average Bonchev–Trinajstić information content (AvgIpc) is 3.40. The van der Waals surface area contributed by atoms with Crippen LogP contribution in [0.25, 0.3) is 5.57 Å². The van der Waals surface area contributed by atoms with Crippen molar-refractivity contribution in [1.29, 1.82) is 0 Å². The zero-order chi connectivity index (χ0) is 29.3. The summed E-state index contributed by atoms with van der Waals surface area (Å²) < 4.78 is 11.1. The topological polar surface area (TPSA) is 88.2 Å². The van der Waals surface area contributed by atoms with Gasteiger partial charge in [-0.1, -0.05) is 60.4 Å². The number of rotatable bonds is 8. The van der Waals surface area contributed by atoms with Crippen molar-refractivity contribution >= 4 is 63.0 Å². The number of hydrogen-bond donors (Lipinski definition) is 1. The quantitative estimate of drug-likeness (QED) is 0.289. The van der Waals surface area contributed by atoms with Crippen LogP contribution in [0.1, 0.15) is 22.3 Å². The molecule has 3 amide bonds. The highest BCUT2D eigenvalue weighted by molar-refractivity contribution is 8.26. The standard InChI is InChI=1S/C31H29N3O5S2/c1-18-9-10-19(2)22(15-18)32-26(35)17-34-23-8-6-5-7-21(23)27(29(34)36)28-30(37)33(31(40)41-28)14-13-20-11-12-24(38-3)25(16-20)39-4/h5-12,15-16H,13-14,17H2,1-4H3,(H,32,35)/b28-27+. The van der Waals surface area contributed by atoms with E-state index < -0.39 is 5.91 Å². The number of thioether (sulfide) groups is 1. The number of ether oxygens (including phenoxy) is 2. The lowest BCUT2D eigenvalue weighted by atomic mass is 10.1. The van der Waals surface area contributed by atoms with E-state index >= 15 is 0 Å². The average molecular weight is 588 g/mol. The molecule has 0 bridgehead atoms. The molecule has 41 heavy (non-hydrogen) atoms. The van der Waals surface area contributed by atoms with E-state index in [9.17, 15) is 14.4 Å². The lowest BCUT2D eigenvalue weighted by molar-refractivity contribution is -0.122. The predicted octanol–water partition coefficient (Wildman–Crippen LogP) is 5.12. The number of benzene rings is 3. The van der Waals surface area contributed by atoms with Gasteiger partial charge in [0.2, 0.25) is 5.91 Å². The van der Waals surface area contributed by atoms with Crippen molar-refractivity contribution in [2.45, 2.75) is 20.3 Å². The van der Waals surface area contributed by atoms with Crippen LogP contribution in [-0.2, 0) is 20.8 Å². The molecule has 10 heteroatoms. The Bertz CT molecular complexity index is 1620. The van der Waals surface area contributed by atoms with Crippen molar-refractivity contribution in [2.75, 3.05) is 37.5 Å². The summed E-state index contributed by atoms with van der Waals surface area (Å²) in [6, 6.07) is 18.6. The molecule has 2 aliphatic heterocycles. The summed E-state index contributed by atoms with van der Waals surface area (Å²) in [6.07, 6.45) is 0.532.